The van der Waals surface area contributed by atoms with Crippen LogP contribution in [0.4, 0.5) is 11.8 Å². The van der Waals surface area contributed by atoms with Crippen molar-refractivity contribution >= 4 is 17.7 Å². The van der Waals surface area contributed by atoms with Gasteiger partial charge in [-0.2, -0.15) is 20.5 Å². The van der Waals surface area contributed by atoms with Gasteiger partial charge in [-0.3, -0.25) is 9.48 Å². The van der Waals surface area contributed by atoms with Crippen LogP contribution in [0.15, 0.2) is 42.9 Å². The number of aromatic amines is 1. The van der Waals surface area contributed by atoms with E-state index < -0.39 is 0 Å². The highest BCUT2D eigenvalue weighted by Gasteiger charge is 2.27. The number of rotatable bonds is 7. The summed E-state index contributed by atoms with van der Waals surface area (Å²) < 4.78 is 1.71. The molecule has 1 amide bonds. The molecule has 39 heavy (non-hydrogen) atoms. The van der Waals surface area contributed by atoms with Crippen LogP contribution in [0.25, 0.3) is 11.1 Å². The lowest BCUT2D eigenvalue weighted by atomic mass is 10.1. The van der Waals surface area contributed by atoms with Crippen molar-refractivity contribution in [2.45, 2.75) is 44.4 Å². The van der Waals surface area contributed by atoms with E-state index in [1.807, 2.05) is 23.5 Å². The lowest BCUT2D eigenvalue weighted by Gasteiger charge is -2.36. The molecule has 4 aromatic rings. The number of nitrogens with one attached hydrogen (secondary N) is 3. The van der Waals surface area contributed by atoms with Gasteiger partial charge in [0.05, 0.1) is 18.3 Å². The Morgan fingerprint density at radius 3 is 2.51 bits per heavy atom. The molecule has 0 bridgehead atoms. The van der Waals surface area contributed by atoms with Crippen LogP contribution in [-0.2, 0) is 37.1 Å². The Kier molecular flexibility index (Phi) is 5.95. The van der Waals surface area contributed by atoms with Crippen LogP contribution in [0, 0.1) is 0 Å². The molecule has 2 aliphatic heterocycles. The summed E-state index contributed by atoms with van der Waals surface area (Å²) in [5, 5.41) is 22.8. The number of H-pyrrole nitrogens is 1. The van der Waals surface area contributed by atoms with E-state index in [4.69, 9.17) is 5.10 Å². The van der Waals surface area contributed by atoms with E-state index in [1.165, 1.54) is 11.1 Å². The fraction of sp³-hybridized carbons (Fsp3) is 0.407. The third kappa shape index (κ3) is 4.83. The van der Waals surface area contributed by atoms with Gasteiger partial charge in [0.15, 0.2) is 5.82 Å². The number of carbonyl (C=O) groups excluding carboxylic acids is 1. The van der Waals surface area contributed by atoms with Gasteiger partial charge in [0.25, 0.3) is 0 Å². The van der Waals surface area contributed by atoms with E-state index in [1.54, 1.807) is 4.68 Å². The standard InChI is InChI=1S/C27H31N11O/c1-36-12-21(13-36)30-26-22(14-38(34-26)16-25(39)37-7-6-23-24(15-37)33-35-32-23)19-10-28-27(29-11-19)31-20-8-17-4-2-3-5-18(17)9-20/h2-5,10-11,14,20-21H,6-9,12-13,15-16H2,1H3,(H,30,34)(H,28,29,31)(H,32,33,35). The maximum absolute atomic E-state index is 13.1. The minimum Gasteiger partial charge on any atom is -0.363 e. The van der Waals surface area contributed by atoms with Gasteiger partial charge in [-0.15, -0.1) is 0 Å². The summed E-state index contributed by atoms with van der Waals surface area (Å²) in [6.45, 7) is 3.13. The molecule has 3 N–H and O–H groups in total. The van der Waals surface area contributed by atoms with Crippen molar-refractivity contribution in [2.75, 3.05) is 37.3 Å². The molecule has 3 aliphatic rings. The Morgan fingerprint density at radius 2 is 1.77 bits per heavy atom. The zero-order chi connectivity index (χ0) is 26.3. The number of nitrogens with zero attached hydrogens (tertiary/aromatic N) is 8. The number of hydrogen-bond donors (Lipinski definition) is 3. The fourth-order valence-corrected chi connectivity index (χ4v) is 5.74. The van der Waals surface area contributed by atoms with Crippen LogP contribution < -0.4 is 10.6 Å². The van der Waals surface area contributed by atoms with Crippen molar-refractivity contribution in [3.05, 3.63) is 65.4 Å². The topological polar surface area (TPSA) is 133 Å². The second-order valence-electron chi connectivity index (χ2n) is 10.7. The number of likely N-dealkylation sites (tertiary alicyclic amines) is 1. The quantitative estimate of drug-likeness (QED) is 0.327. The second kappa shape index (κ2) is 9.77. The van der Waals surface area contributed by atoms with Crippen LogP contribution in [0.2, 0.25) is 0 Å². The summed E-state index contributed by atoms with van der Waals surface area (Å²) in [6.07, 6.45) is 8.22. The highest BCUT2D eigenvalue weighted by Crippen LogP contribution is 2.29. The first kappa shape index (κ1) is 23.8. The molecule has 0 spiro atoms. The fourth-order valence-electron chi connectivity index (χ4n) is 5.74. The predicted octanol–water partition coefficient (Wildman–Crippen LogP) is 1.35. The molecule has 3 aromatic heterocycles. The minimum absolute atomic E-state index is 0.000912. The summed E-state index contributed by atoms with van der Waals surface area (Å²) >= 11 is 0. The number of amides is 1. The molecule has 12 nitrogen and oxygen atoms in total. The van der Waals surface area contributed by atoms with Crippen LogP contribution in [0.5, 0.6) is 0 Å². The molecule has 1 aromatic carbocycles. The Morgan fingerprint density at radius 1 is 1.03 bits per heavy atom. The lowest BCUT2D eigenvalue weighted by Crippen LogP contribution is -2.52. The molecular weight excluding hydrogens is 494 g/mol. The molecular formula is C27H31N11O. The lowest BCUT2D eigenvalue weighted by molar-refractivity contribution is -0.133. The molecule has 0 unspecified atom stereocenters. The molecule has 5 heterocycles. The third-order valence-corrected chi connectivity index (χ3v) is 7.83. The van der Waals surface area contributed by atoms with Gasteiger partial charge >= 0.3 is 0 Å². The average Bonchev–Trinajstić information content (AvgIpc) is 3.66. The molecule has 200 valence electrons. The molecule has 1 fully saturated rings. The first-order chi connectivity index (χ1) is 19.1. The molecule has 7 rings (SSSR count). The van der Waals surface area contributed by atoms with E-state index in [2.05, 4.69) is 72.2 Å². The smallest absolute Gasteiger partial charge is 0.244 e. The van der Waals surface area contributed by atoms with Gasteiger partial charge < -0.3 is 20.4 Å². The number of likely N-dealkylation sites (N-methyl/N-ethyl adjacent to an activating group) is 1. The molecule has 1 aliphatic carbocycles. The minimum atomic E-state index is 0.000912. The van der Waals surface area contributed by atoms with Crippen LogP contribution in [0.3, 0.4) is 0 Å². The SMILES string of the molecule is CN1CC(Nc2nn(CC(=O)N3CCc4n[nH]nc4C3)cc2-c2cnc(NC3Cc4ccccc4C3)nc2)C1. The molecule has 0 atom stereocenters. The van der Waals surface area contributed by atoms with Gasteiger partial charge in [0.1, 0.15) is 12.2 Å². The highest BCUT2D eigenvalue weighted by molar-refractivity contribution is 5.78. The van der Waals surface area contributed by atoms with E-state index in [0.29, 0.717) is 31.5 Å². The predicted molar refractivity (Wildman–Crippen MR) is 145 cm³/mol. The van der Waals surface area contributed by atoms with Gasteiger partial charge in [-0.05, 0) is 31.0 Å². The summed E-state index contributed by atoms with van der Waals surface area (Å²) in [7, 11) is 2.09. The average molecular weight is 526 g/mol. The number of anilines is 2. The van der Waals surface area contributed by atoms with E-state index >= 15 is 0 Å². The van der Waals surface area contributed by atoms with Gasteiger partial charge in [0, 0.05) is 61.8 Å². The summed E-state index contributed by atoms with van der Waals surface area (Å²) in [5.74, 6) is 1.36. The van der Waals surface area contributed by atoms with Crippen molar-refractivity contribution in [3.8, 4) is 11.1 Å². The van der Waals surface area contributed by atoms with Crippen molar-refractivity contribution in [3.63, 3.8) is 0 Å². The van der Waals surface area contributed by atoms with Crippen molar-refractivity contribution in [1.82, 2.24) is 45.0 Å². The first-order valence-electron chi connectivity index (χ1n) is 13.4. The number of fused-ring (bicyclic) bond motifs is 2. The largest absolute Gasteiger partial charge is 0.363 e. The maximum Gasteiger partial charge on any atom is 0.244 e. The zero-order valence-electron chi connectivity index (χ0n) is 21.8. The van der Waals surface area contributed by atoms with Crippen molar-refractivity contribution < 1.29 is 4.79 Å². The Hall–Kier alpha value is -4.32. The van der Waals surface area contributed by atoms with E-state index in [9.17, 15) is 4.79 Å². The Balaban J connectivity index is 1.07. The first-order valence-corrected chi connectivity index (χ1v) is 13.4. The molecule has 12 heteroatoms. The normalized spacial score (nSPS) is 17.5. The third-order valence-electron chi connectivity index (χ3n) is 7.83. The summed E-state index contributed by atoms with van der Waals surface area (Å²) in [5.41, 5.74) is 6.28. The van der Waals surface area contributed by atoms with Crippen LogP contribution in [-0.4, -0.2) is 89.6 Å². The number of aromatic nitrogens is 7. The maximum atomic E-state index is 13.1. The highest BCUT2D eigenvalue weighted by atomic mass is 16.2. The van der Waals surface area contributed by atoms with Crippen LogP contribution in [0.1, 0.15) is 22.5 Å². The number of carbonyl (C=O) groups is 1. The van der Waals surface area contributed by atoms with E-state index in [0.717, 1.165) is 54.3 Å². The second-order valence-corrected chi connectivity index (χ2v) is 10.7. The summed E-state index contributed by atoms with van der Waals surface area (Å²) in [6, 6.07) is 9.16. The number of hydrogen-bond acceptors (Lipinski definition) is 9. The van der Waals surface area contributed by atoms with Crippen molar-refractivity contribution in [2.24, 2.45) is 0 Å². The van der Waals surface area contributed by atoms with Gasteiger partial charge in [-0.25, -0.2) is 9.97 Å². The Labute approximate surface area is 225 Å². The van der Waals surface area contributed by atoms with Crippen LogP contribution >= 0.6 is 0 Å². The van der Waals surface area contributed by atoms with Crippen molar-refractivity contribution in [1.29, 1.82) is 0 Å². The van der Waals surface area contributed by atoms with Gasteiger partial charge in [-0.1, -0.05) is 24.3 Å². The summed E-state index contributed by atoms with van der Waals surface area (Å²) in [4.78, 5) is 26.4. The number of benzene rings is 1. The molecule has 0 radical (unpaired) electrons. The molecule has 1 saturated heterocycles. The van der Waals surface area contributed by atoms with E-state index in [-0.39, 0.29) is 18.5 Å². The van der Waals surface area contributed by atoms with Gasteiger partial charge in [0.2, 0.25) is 11.9 Å². The Bertz CT molecular complexity index is 1460. The molecule has 0 saturated carbocycles. The monoisotopic (exact) mass is 525 g/mol. The zero-order valence-corrected chi connectivity index (χ0v) is 21.8.